The summed E-state index contributed by atoms with van der Waals surface area (Å²) in [5, 5.41) is 0. The van der Waals surface area contributed by atoms with Gasteiger partial charge in [-0.05, 0) is 43.5 Å². The molecule has 0 aliphatic carbocycles. The number of rotatable bonds is 14. The highest BCUT2D eigenvalue weighted by Gasteiger charge is 2.56. The van der Waals surface area contributed by atoms with Crippen LogP contribution in [0, 0.1) is 0 Å². The molecule has 48 heavy (non-hydrogen) atoms. The SMILES string of the molecule is CCN(COC(C)Cc1ccccc1)C(=O)OCc1ccc(O[C@H]2OC(C(=O)OC)C(OC(C)=O)[C@H](OC(C)=O)C2OC(C)=O)c(N)c1. The lowest BCUT2D eigenvalue weighted by molar-refractivity contribution is -0.282. The molecule has 15 nitrogen and oxygen atoms in total. The van der Waals surface area contributed by atoms with Gasteiger partial charge in [-0.3, -0.25) is 19.3 Å². The molecular formula is C33H42N2O13. The van der Waals surface area contributed by atoms with E-state index in [0.29, 0.717) is 18.5 Å². The first-order chi connectivity index (χ1) is 22.8. The van der Waals surface area contributed by atoms with Crippen molar-refractivity contribution in [3.8, 4) is 5.75 Å². The molecule has 1 fully saturated rings. The van der Waals surface area contributed by atoms with Crippen molar-refractivity contribution in [2.45, 2.75) is 84.5 Å². The number of ether oxygens (including phenoxy) is 8. The van der Waals surface area contributed by atoms with Gasteiger partial charge < -0.3 is 43.6 Å². The highest BCUT2D eigenvalue weighted by molar-refractivity contribution is 5.77. The summed E-state index contributed by atoms with van der Waals surface area (Å²) in [5.74, 6) is -3.42. The average molecular weight is 675 g/mol. The Kier molecular flexibility index (Phi) is 14.0. The van der Waals surface area contributed by atoms with Gasteiger partial charge in [0.1, 0.15) is 19.1 Å². The van der Waals surface area contributed by atoms with E-state index in [2.05, 4.69) is 0 Å². The topological polar surface area (TPSA) is 188 Å². The summed E-state index contributed by atoms with van der Waals surface area (Å²) in [6.45, 7) is 7.25. The molecule has 0 bridgehead atoms. The number of anilines is 1. The smallest absolute Gasteiger partial charge is 0.411 e. The second-order valence-electron chi connectivity index (χ2n) is 10.9. The van der Waals surface area contributed by atoms with Crippen molar-refractivity contribution in [3.05, 3.63) is 59.7 Å². The van der Waals surface area contributed by atoms with E-state index in [-0.39, 0.29) is 30.9 Å². The lowest BCUT2D eigenvalue weighted by atomic mass is 9.97. The molecule has 1 amide bonds. The Labute approximate surface area is 278 Å². The number of nitrogens with two attached hydrogens (primary N) is 1. The number of methoxy groups -OCH3 is 1. The van der Waals surface area contributed by atoms with E-state index < -0.39 is 60.7 Å². The third-order valence-electron chi connectivity index (χ3n) is 7.04. The molecule has 6 atom stereocenters. The zero-order chi connectivity index (χ0) is 35.4. The van der Waals surface area contributed by atoms with Crippen LogP contribution in [0.15, 0.2) is 48.5 Å². The molecule has 3 rings (SSSR count). The number of nitrogen functional groups attached to an aromatic ring is 1. The fourth-order valence-electron chi connectivity index (χ4n) is 4.83. The Balaban J connectivity index is 1.71. The standard InChI is InChI=1S/C33H42N2O13/c1-7-35(18-43-19(2)15-23-11-9-8-10-12-23)33(40)42-17-24-13-14-26(25(34)16-24)47-32-30(46-22(5)38)28(45-21(4)37)27(44-20(3)36)29(48-32)31(39)41-6/h8-14,16,19,27-30,32H,7,15,17-18,34H2,1-6H3/t19?,27?,28-,29?,30?,32-/m0/s1. The van der Waals surface area contributed by atoms with Crippen LogP contribution in [0.3, 0.4) is 0 Å². The fraction of sp³-hybridized carbons (Fsp3) is 0.485. The van der Waals surface area contributed by atoms with Crippen molar-refractivity contribution >= 4 is 35.7 Å². The van der Waals surface area contributed by atoms with Gasteiger partial charge in [-0.25, -0.2) is 9.59 Å². The Bertz CT molecular complexity index is 1420. The predicted molar refractivity (Wildman–Crippen MR) is 167 cm³/mol. The van der Waals surface area contributed by atoms with Gasteiger partial charge in [-0.15, -0.1) is 0 Å². The third kappa shape index (κ3) is 10.8. The van der Waals surface area contributed by atoms with E-state index >= 15 is 0 Å². The van der Waals surface area contributed by atoms with Crippen LogP contribution < -0.4 is 10.5 Å². The monoisotopic (exact) mass is 674 g/mol. The van der Waals surface area contributed by atoms with Gasteiger partial charge in [0, 0.05) is 27.3 Å². The van der Waals surface area contributed by atoms with Crippen molar-refractivity contribution in [1.82, 2.24) is 4.90 Å². The molecule has 4 unspecified atom stereocenters. The minimum absolute atomic E-state index is 0.0272. The molecule has 2 aromatic carbocycles. The van der Waals surface area contributed by atoms with Gasteiger partial charge in [0.25, 0.3) is 0 Å². The summed E-state index contributed by atoms with van der Waals surface area (Å²) in [4.78, 5) is 62.8. The van der Waals surface area contributed by atoms with Crippen molar-refractivity contribution in [1.29, 1.82) is 0 Å². The van der Waals surface area contributed by atoms with Gasteiger partial charge in [-0.1, -0.05) is 36.4 Å². The molecule has 1 aliphatic rings. The maximum absolute atomic E-state index is 12.8. The molecule has 0 spiro atoms. The number of esters is 4. The second kappa shape index (κ2) is 17.9. The molecule has 2 aromatic rings. The molecule has 0 aromatic heterocycles. The molecular weight excluding hydrogens is 632 g/mol. The maximum atomic E-state index is 12.8. The molecule has 262 valence electrons. The van der Waals surface area contributed by atoms with E-state index in [1.807, 2.05) is 37.3 Å². The number of carbonyl (C=O) groups excluding carboxylic acids is 5. The number of benzene rings is 2. The summed E-state index contributed by atoms with van der Waals surface area (Å²) in [6, 6.07) is 14.4. The van der Waals surface area contributed by atoms with Gasteiger partial charge in [0.05, 0.1) is 18.9 Å². The quantitative estimate of drug-likeness (QED) is 0.133. The van der Waals surface area contributed by atoms with Crippen LogP contribution >= 0.6 is 0 Å². The van der Waals surface area contributed by atoms with Crippen LogP contribution in [0.1, 0.15) is 45.7 Å². The van der Waals surface area contributed by atoms with Gasteiger partial charge in [0.15, 0.2) is 18.3 Å². The molecule has 1 heterocycles. The first-order valence-corrected chi connectivity index (χ1v) is 15.2. The fourth-order valence-corrected chi connectivity index (χ4v) is 4.83. The van der Waals surface area contributed by atoms with Gasteiger partial charge in [0.2, 0.25) is 12.4 Å². The Morgan fingerprint density at radius 1 is 0.875 bits per heavy atom. The highest BCUT2D eigenvalue weighted by Crippen LogP contribution is 2.33. The first-order valence-electron chi connectivity index (χ1n) is 15.2. The summed E-state index contributed by atoms with van der Waals surface area (Å²) < 4.78 is 43.8. The van der Waals surface area contributed by atoms with Crippen LogP contribution in [0.25, 0.3) is 0 Å². The van der Waals surface area contributed by atoms with E-state index in [1.54, 1.807) is 13.0 Å². The molecule has 15 heteroatoms. The van der Waals surface area contributed by atoms with Gasteiger partial charge >= 0.3 is 30.0 Å². The molecule has 0 radical (unpaired) electrons. The van der Waals surface area contributed by atoms with Crippen LogP contribution in [0.2, 0.25) is 0 Å². The zero-order valence-electron chi connectivity index (χ0n) is 27.7. The number of hydrogen-bond acceptors (Lipinski definition) is 14. The zero-order valence-corrected chi connectivity index (χ0v) is 27.7. The molecule has 1 aliphatic heterocycles. The summed E-state index contributed by atoms with van der Waals surface area (Å²) in [6.07, 6.45) is -7.81. The number of hydrogen-bond donors (Lipinski definition) is 1. The highest BCUT2D eigenvalue weighted by atomic mass is 16.7. The van der Waals surface area contributed by atoms with Crippen LogP contribution in [0.5, 0.6) is 5.75 Å². The van der Waals surface area contributed by atoms with Crippen molar-refractivity contribution in [2.75, 3.05) is 26.1 Å². The molecule has 0 saturated carbocycles. The Hall–Kier alpha value is -4.89. The lowest BCUT2D eigenvalue weighted by Crippen LogP contribution is -2.64. The number of amides is 1. The average Bonchev–Trinajstić information content (AvgIpc) is 3.03. The van der Waals surface area contributed by atoms with Gasteiger partial charge in [-0.2, -0.15) is 0 Å². The van der Waals surface area contributed by atoms with E-state index in [0.717, 1.165) is 33.4 Å². The summed E-state index contributed by atoms with van der Waals surface area (Å²) >= 11 is 0. The lowest BCUT2D eigenvalue weighted by Gasteiger charge is -2.43. The summed E-state index contributed by atoms with van der Waals surface area (Å²) in [7, 11) is 1.08. The third-order valence-corrected chi connectivity index (χ3v) is 7.04. The number of carbonyl (C=O) groups is 5. The van der Waals surface area contributed by atoms with E-state index in [1.165, 1.54) is 17.0 Å². The second-order valence-corrected chi connectivity index (χ2v) is 10.9. The van der Waals surface area contributed by atoms with Crippen molar-refractivity contribution in [3.63, 3.8) is 0 Å². The molecule has 1 saturated heterocycles. The van der Waals surface area contributed by atoms with Crippen LogP contribution in [-0.4, -0.2) is 92.1 Å². The normalized spacial score (nSPS) is 20.8. The van der Waals surface area contributed by atoms with Crippen LogP contribution in [0.4, 0.5) is 10.5 Å². The van der Waals surface area contributed by atoms with Crippen molar-refractivity contribution in [2.24, 2.45) is 0 Å². The predicted octanol–water partition coefficient (Wildman–Crippen LogP) is 2.90. The number of nitrogens with zero attached hydrogens (tertiary/aromatic N) is 1. The Morgan fingerprint density at radius 3 is 2.08 bits per heavy atom. The van der Waals surface area contributed by atoms with E-state index in [4.69, 9.17) is 43.6 Å². The van der Waals surface area contributed by atoms with E-state index in [9.17, 15) is 24.0 Å². The Morgan fingerprint density at radius 2 is 1.50 bits per heavy atom. The van der Waals surface area contributed by atoms with Crippen LogP contribution in [-0.2, 0) is 65.4 Å². The molecule has 2 N–H and O–H groups in total. The minimum atomic E-state index is -1.63. The first kappa shape index (κ1) is 37.6. The largest absolute Gasteiger partial charge is 0.467 e. The maximum Gasteiger partial charge on any atom is 0.411 e. The van der Waals surface area contributed by atoms with Crippen molar-refractivity contribution < 1.29 is 61.9 Å². The minimum Gasteiger partial charge on any atom is -0.467 e. The summed E-state index contributed by atoms with van der Waals surface area (Å²) in [5.41, 5.74) is 7.95.